The minimum absolute atomic E-state index is 0.0233. The van der Waals surface area contributed by atoms with Crippen molar-refractivity contribution >= 4 is 29.2 Å². The maximum absolute atomic E-state index is 13.1. The first-order valence-corrected chi connectivity index (χ1v) is 12.7. The van der Waals surface area contributed by atoms with Crippen LogP contribution in [0.25, 0.3) is 11.3 Å². The van der Waals surface area contributed by atoms with Gasteiger partial charge in [-0.25, -0.2) is 0 Å². The molecule has 0 radical (unpaired) electrons. The minimum Gasteiger partial charge on any atom is -0.353 e. The van der Waals surface area contributed by atoms with Crippen LogP contribution in [0.3, 0.4) is 0 Å². The number of hydrogen-bond acceptors (Lipinski definition) is 5. The van der Waals surface area contributed by atoms with E-state index in [4.69, 9.17) is 11.6 Å². The highest BCUT2D eigenvalue weighted by atomic mass is 35.5. The molecule has 0 aliphatic carbocycles. The van der Waals surface area contributed by atoms with Gasteiger partial charge in [-0.15, -0.1) is 10.2 Å². The summed E-state index contributed by atoms with van der Waals surface area (Å²) in [5.41, 5.74) is 1.59. The molecular weight excluding hydrogens is 450 g/mol. The molecular formula is C26H36ClN5O2. The van der Waals surface area contributed by atoms with Gasteiger partial charge in [-0.2, -0.15) is 0 Å². The van der Waals surface area contributed by atoms with Crippen molar-refractivity contribution in [2.24, 2.45) is 5.92 Å². The molecule has 34 heavy (non-hydrogen) atoms. The third-order valence-corrected chi connectivity index (χ3v) is 6.35. The fourth-order valence-corrected chi connectivity index (χ4v) is 4.32. The number of nitrogens with zero attached hydrogens (tertiary/aromatic N) is 5. The summed E-state index contributed by atoms with van der Waals surface area (Å²) in [6.45, 7) is 9.74. The Morgan fingerprint density at radius 3 is 2.53 bits per heavy atom. The zero-order valence-electron chi connectivity index (χ0n) is 20.5. The van der Waals surface area contributed by atoms with Crippen LogP contribution in [0.5, 0.6) is 0 Å². The molecule has 184 valence electrons. The standard InChI is InChI=1S/C26H36ClN5O2/c1-4-5-13-32(25(33)18-20(2)3)19-26(34)31-15-8-14-30(16-17-31)24-12-11-23(28-29-24)21-9-6-7-10-22(21)27/h6-7,9-12,20H,4-5,8,13-19H2,1-3H3. The van der Waals surface area contributed by atoms with Crippen LogP contribution in [-0.4, -0.2) is 71.1 Å². The molecule has 1 saturated heterocycles. The van der Waals surface area contributed by atoms with E-state index in [2.05, 4.69) is 22.0 Å². The van der Waals surface area contributed by atoms with Gasteiger partial charge in [0.05, 0.1) is 17.3 Å². The van der Waals surface area contributed by atoms with Gasteiger partial charge in [-0.1, -0.05) is 57.0 Å². The van der Waals surface area contributed by atoms with E-state index in [1.165, 1.54) is 0 Å². The first kappa shape index (κ1) is 25.9. The zero-order chi connectivity index (χ0) is 24.5. The predicted molar refractivity (Wildman–Crippen MR) is 137 cm³/mol. The molecule has 2 heterocycles. The maximum Gasteiger partial charge on any atom is 0.242 e. The molecule has 0 N–H and O–H groups in total. The van der Waals surface area contributed by atoms with Crippen molar-refractivity contribution < 1.29 is 9.59 Å². The molecule has 2 aromatic rings. The molecule has 1 aliphatic heterocycles. The molecule has 1 aromatic heterocycles. The summed E-state index contributed by atoms with van der Waals surface area (Å²) in [7, 11) is 0. The summed E-state index contributed by atoms with van der Waals surface area (Å²) < 4.78 is 0. The largest absolute Gasteiger partial charge is 0.353 e. The van der Waals surface area contributed by atoms with Crippen molar-refractivity contribution in [1.29, 1.82) is 0 Å². The van der Waals surface area contributed by atoms with E-state index in [9.17, 15) is 9.59 Å². The van der Waals surface area contributed by atoms with Crippen molar-refractivity contribution in [3.05, 3.63) is 41.4 Å². The number of anilines is 1. The number of aromatic nitrogens is 2. The Kier molecular flexibility index (Phi) is 9.69. The van der Waals surface area contributed by atoms with Gasteiger partial charge in [0, 0.05) is 44.7 Å². The molecule has 1 fully saturated rings. The first-order chi connectivity index (χ1) is 16.4. The lowest BCUT2D eigenvalue weighted by Crippen LogP contribution is -2.44. The summed E-state index contributed by atoms with van der Waals surface area (Å²) in [6, 6.07) is 11.5. The fraction of sp³-hybridized carbons (Fsp3) is 0.538. The van der Waals surface area contributed by atoms with Crippen LogP contribution in [0.15, 0.2) is 36.4 Å². The molecule has 8 heteroatoms. The summed E-state index contributed by atoms with van der Waals surface area (Å²) in [6.07, 6.45) is 3.23. The van der Waals surface area contributed by atoms with Crippen molar-refractivity contribution in [3.8, 4) is 11.3 Å². The topological polar surface area (TPSA) is 69.6 Å². The zero-order valence-corrected chi connectivity index (χ0v) is 21.3. The number of carbonyl (C=O) groups excluding carboxylic acids is 2. The van der Waals surface area contributed by atoms with Gasteiger partial charge in [0.25, 0.3) is 0 Å². The average Bonchev–Trinajstić information content (AvgIpc) is 3.08. The van der Waals surface area contributed by atoms with Gasteiger partial charge in [0.2, 0.25) is 11.8 Å². The number of carbonyl (C=O) groups is 2. The quantitative estimate of drug-likeness (QED) is 0.522. The fourth-order valence-electron chi connectivity index (χ4n) is 4.08. The molecule has 0 bridgehead atoms. The van der Waals surface area contributed by atoms with Gasteiger partial charge in [-0.05, 0) is 37.0 Å². The number of benzene rings is 1. The first-order valence-electron chi connectivity index (χ1n) is 12.3. The summed E-state index contributed by atoms with van der Waals surface area (Å²) in [5.74, 6) is 1.17. The van der Waals surface area contributed by atoms with Crippen LogP contribution in [0.2, 0.25) is 5.02 Å². The summed E-state index contributed by atoms with van der Waals surface area (Å²) in [4.78, 5) is 31.5. The van der Waals surface area contributed by atoms with Crippen molar-refractivity contribution in [2.45, 2.75) is 46.5 Å². The highest BCUT2D eigenvalue weighted by Gasteiger charge is 2.24. The van der Waals surface area contributed by atoms with E-state index in [1.54, 1.807) is 4.90 Å². The number of hydrogen-bond donors (Lipinski definition) is 0. The van der Waals surface area contributed by atoms with Gasteiger partial charge < -0.3 is 14.7 Å². The van der Waals surface area contributed by atoms with E-state index >= 15 is 0 Å². The number of rotatable bonds is 9. The van der Waals surface area contributed by atoms with E-state index < -0.39 is 0 Å². The number of unbranched alkanes of at least 4 members (excludes halogenated alkanes) is 1. The second-order valence-electron chi connectivity index (χ2n) is 9.24. The monoisotopic (exact) mass is 485 g/mol. The Morgan fingerprint density at radius 2 is 1.85 bits per heavy atom. The van der Waals surface area contributed by atoms with Gasteiger partial charge >= 0.3 is 0 Å². The van der Waals surface area contributed by atoms with Crippen LogP contribution in [0.4, 0.5) is 5.82 Å². The third kappa shape index (κ3) is 7.16. The molecule has 0 saturated carbocycles. The highest BCUT2D eigenvalue weighted by Crippen LogP contribution is 2.26. The molecule has 3 rings (SSSR count). The van der Waals surface area contributed by atoms with Crippen LogP contribution in [0.1, 0.15) is 46.5 Å². The highest BCUT2D eigenvalue weighted by molar-refractivity contribution is 6.33. The van der Waals surface area contributed by atoms with Crippen molar-refractivity contribution in [2.75, 3.05) is 44.2 Å². The second-order valence-corrected chi connectivity index (χ2v) is 9.65. The molecule has 0 unspecified atom stereocenters. The number of amides is 2. The SMILES string of the molecule is CCCCN(CC(=O)N1CCCN(c2ccc(-c3ccccc3Cl)nn2)CC1)C(=O)CC(C)C. The number of halogens is 1. The van der Waals surface area contributed by atoms with Gasteiger partial charge in [0.1, 0.15) is 0 Å². The van der Waals surface area contributed by atoms with Gasteiger partial charge in [0.15, 0.2) is 5.82 Å². The van der Waals surface area contributed by atoms with E-state index in [0.29, 0.717) is 37.6 Å². The van der Waals surface area contributed by atoms with E-state index in [1.807, 2.05) is 55.1 Å². The summed E-state index contributed by atoms with van der Waals surface area (Å²) >= 11 is 6.28. The van der Waals surface area contributed by atoms with Crippen molar-refractivity contribution in [1.82, 2.24) is 20.0 Å². The minimum atomic E-state index is 0.0233. The lowest BCUT2D eigenvalue weighted by molar-refractivity contribution is -0.140. The van der Waals surface area contributed by atoms with E-state index in [0.717, 1.165) is 42.9 Å². The Morgan fingerprint density at radius 1 is 1.06 bits per heavy atom. The average molecular weight is 486 g/mol. The van der Waals surface area contributed by atoms with Crippen molar-refractivity contribution in [3.63, 3.8) is 0 Å². The Hall–Kier alpha value is -2.67. The lowest BCUT2D eigenvalue weighted by atomic mass is 10.1. The molecule has 1 aromatic carbocycles. The lowest BCUT2D eigenvalue weighted by Gasteiger charge is -2.27. The molecule has 7 nitrogen and oxygen atoms in total. The summed E-state index contributed by atoms with van der Waals surface area (Å²) in [5, 5.41) is 9.45. The second kappa shape index (κ2) is 12.7. The molecule has 1 aliphatic rings. The Balaban J connectivity index is 1.60. The van der Waals surface area contributed by atoms with Gasteiger partial charge in [-0.3, -0.25) is 9.59 Å². The van der Waals surface area contributed by atoms with Crippen LogP contribution < -0.4 is 4.90 Å². The molecule has 0 atom stereocenters. The van der Waals surface area contributed by atoms with Crippen LogP contribution in [0, 0.1) is 5.92 Å². The Labute approximate surface area is 208 Å². The van der Waals surface area contributed by atoms with Crippen LogP contribution in [-0.2, 0) is 9.59 Å². The third-order valence-electron chi connectivity index (χ3n) is 6.02. The Bertz CT molecular complexity index is 950. The maximum atomic E-state index is 13.1. The normalized spacial score (nSPS) is 14.3. The van der Waals surface area contributed by atoms with E-state index in [-0.39, 0.29) is 24.3 Å². The molecule has 2 amide bonds. The van der Waals surface area contributed by atoms with Crippen LogP contribution >= 0.6 is 11.6 Å². The molecule has 0 spiro atoms. The predicted octanol–water partition coefficient (Wildman–Crippen LogP) is 4.51. The smallest absolute Gasteiger partial charge is 0.242 e.